The Labute approximate surface area is 310 Å². The second kappa shape index (κ2) is 43.4. The molecule has 0 bridgehead atoms. The van der Waals surface area contributed by atoms with Gasteiger partial charge in [0.05, 0.1) is 6.61 Å². The summed E-state index contributed by atoms with van der Waals surface area (Å²) in [4.78, 5) is 12.0. The van der Waals surface area contributed by atoms with Crippen molar-refractivity contribution in [2.45, 2.75) is 271 Å². The van der Waals surface area contributed by atoms with Crippen molar-refractivity contribution >= 4 is 5.97 Å². The van der Waals surface area contributed by atoms with Gasteiger partial charge in [0.2, 0.25) is 0 Å². The first kappa shape index (κ1) is 48.2. The number of rotatable bonds is 42. The SMILES string of the molecule is CCCCCCCCC=CCCCCCCCCCCCCCC(=O)OCCCCCCCCCCCCCCCCCCCC(C)CC. The van der Waals surface area contributed by atoms with E-state index in [4.69, 9.17) is 4.74 Å². The van der Waals surface area contributed by atoms with Crippen LogP contribution >= 0.6 is 0 Å². The van der Waals surface area contributed by atoms with Crippen LogP contribution < -0.4 is 0 Å². The van der Waals surface area contributed by atoms with E-state index in [1.54, 1.807) is 0 Å². The summed E-state index contributed by atoms with van der Waals surface area (Å²) in [7, 11) is 0. The van der Waals surface area contributed by atoms with Gasteiger partial charge >= 0.3 is 5.97 Å². The van der Waals surface area contributed by atoms with Gasteiger partial charge in [0.25, 0.3) is 0 Å². The molecule has 0 aliphatic carbocycles. The molecule has 49 heavy (non-hydrogen) atoms. The van der Waals surface area contributed by atoms with E-state index < -0.39 is 0 Å². The minimum atomic E-state index is 0.0285. The molecule has 1 atom stereocenters. The van der Waals surface area contributed by atoms with E-state index in [9.17, 15) is 4.79 Å². The third-order valence-corrected chi connectivity index (χ3v) is 10.9. The molecule has 0 fully saturated rings. The monoisotopic (exact) mass is 689 g/mol. The molecule has 0 aromatic heterocycles. The lowest BCUT2D eigenvalue weighted by Gasteiger charge is -2.07. The number of hydrogen-bond acceptors (Lipinski definition) is 2. The first-order chi connectivity index (χ1) is 24.2. The maximum Gasteiger partial charge on any atom is 0.305 e. The van der Waals surface area contributed by atoms with Gasteiger partial charge in [-0.2, -0.15) is 0 Å². The fourth-order valence-corrected chi connectivity index (χ4v) is 7.11. The molecule has 0 aromatic carbocycles. The predicted molar refractivity (Wildman–Crippen MR) is 221 cm³/mol. The largest absolute Gasteiger partial charge is 0.466 e. The topological polar surface area (TPSA) is 26.3 Å². The van der Waals surface area contributed by atoms with Crippen LogP contribution in [0.2, 0.25) is 0 Å². The quantitative estimate of drug-likeness (QED) is 0.0362. The van der Waals surface area contributed by atoms with Crippen LogP contribution in [0.5, 0.6) is 0 Å². The van der Waals surface area contributed by atoms with Gasteiger partial charge in [-0.15, -0.1) is 0 Å². The van der Waals surface area contributed by atoms with Gasteiger partial charge in [-0.05, 0) is 44.4 Å². The van der Waals surface area contributed by atoms with Gasteiger partial charge in [-0.3, -0.25) is 4.79 Å². The number of allylic oxidation sites excluding steroid dienone is 2. The highest BCUT2D eigenvalue weighted by Crippen LogP contribution is 2.17. The molecule has 0 spiro atoms. The summed E-state index contributed by atoms with van der Waals surface area (Å²) >= 11 is 0. The van der Waals surface area contributed by atoms with Gasteiger partial charge in [0, 0.05) is 6.42 Å². The molecule has 0 aliphatic heterocycles. The molecule has 0 amide bonds. The van der Waals surface area contributed by atoms with Crippen molar-refractivity contribution in [2.75, 3.05) is 6.61 Å². The number of carbonyl (C=O) groups excluding carboxylic acids is 1. The Bertz CT molecular complexity index is 640. The lowest BCUT2D eigenvalue weighted by molar-refractivity contribution is -0.143. The van der Waals surface area contributed by atoms with Crippen LogP contribution in [0, 0.1) is 5.92 Å². The maximum absolute atomic E-state index is 12.0. The summed E-state index contributed by atoms with van der Waals surface area (Å²) in [5.41, 5.74) is 0. The summed E-state index contributed by atoms with van der Waals surface area (Å²) in [6.07, 6.45) is 57.4. The summed E-state index contributed by atoms with van der Waals surface area (Å²) < 4.78 is 5.48. The highest BCUT2D eigenvalue weighted by atomic mass is 16.5. The van der Waals surface area contributed by atoms with Crippen molar-refractivity contribution < 1.29 is 9.53 Å². The van der Waals surface area contributed by atoms with E-state index in [1.165, 1.54) is 231 Å². The predicted octanol–water partition coefficient (Wildman–Crippen LogP) is 17.0. The normalized spacial score (nSPS) is 12.3. The lowest BCUT2D eigenvalue weighted by atomic mass is 9.99. The maximum atomic E-state index is 12.0. The fraction of sp³-hybridized carbons (Fsp3) is 0.936. The molecule has 0 rings (SSSR count). The Kier molecular flexibility index (Phi) is 42.7. The summed E-state index contributed by atoms with van der Waals surface area (Å²) in [5.74, 6) is 0.959. The fourth-order valence-electron chi connectivity index (χ4n) is 7.11. The molecule has 2 nitrogen and oxygen atoms in total. The van der Waals surface area contributed by atoms with Crippen LogP contribution in [-0.4, -0.2) is 12.6 Å². The minimum absolute atomic E-state index is 0.0285. The van der Waals surface area contributed by atoms with Crippen LogP contribution in [0.3, 0.4) is 0 Å². The van der Waals surface area contributed by atoms with E-state index in [0.717, 1.165) is 18.8 Å². The molecule has 0 heterocycles. The van der Waals surface area contributed by atoms with Crippen LogP contribution in [0.15, 0.2) is 12.2 Å². The Balaban J connectivity index is 3.18. The highest BCUT2D eigenvalue weighted by Gasteiger charge is 2.03. The molecule has 0 aliphatic rings. The van der Waals surface area contributed by atoms with Crippen molar-refractivity contribution in [3.63, 3.8) is 0 Å². The van der Waals surface area contributed by atoms with Crippen molar-refractivity contribution in [3.8, 4) is 0 Å². The van der Waals surface area contributed by atoms with E-state index in [-0.39, 0.29) is 5.97 Å². The second-order valence-corrected chi connectivity index (χ2v) is 16.0. The minimum Gasteiger partial charge on any atom is -0.466 e. The molecule has 0 aromatic rings. The van der Waals surface area contributed by atoms with E-state index in [2.05, 4.69) is 32.9 Å². The average Bonchev–Trinajstić information content (AvgIpc) is 3.11. The number of hydrogen-bond donors (Lipinski definition) is 0. The summed E-state index contributed by atoms with van der Waals surface area (Å²) in [6.45, 7) is 7.63. The molecule has 0 saturated heterocycles. The Morgan fingerprint density at radius 2 is 0.755 bits per heavy atom. The summed E-state index contributed by atoms with van der Waals surface area (Å²) in [5, 5.41) is 0. The molecule has 0 saturated carbocycles. The van der Waals surface area contributed by atoms with Crippen molar-refractivity contribution in [1.82, 2.24) is 0 Å². The highest BCUT2D eigenvalue weighted by molar-refractivity contribution is 5.69. The third-order valence-electron chi connectivity index (χ3n) is 10.9. The molecule has 2 heteroatoms. The average molecular weight is 689 g/mol. The standard InChI is InChI=1S/C47H92O2/c1-4-6-7-8-9-10-11-12-13-14-15-16-17-20-23-26-29-32-35-38-41-44-47(48)49-45-42-39-36-33-30-27-24-21-18-19-22-25-28-31-34-37-40-43-46(3)5-2/h12-13,46H,4-11,14-45H2,1-3H3. The zero-order valence-corrected chi connectivity index (χ0v) is 34.3. The Hall–Kier alpha value is -0.790. The molecule has 1 unspecified atom stereocenters. The van der Waals surface area contributed by atoms with Crippen molar-refractivity contribution in [3.05, 3.63) is 12.2 Å². The molecular formula is C47H92O2. The van der Waals surface area contributed by atoms with E-state index >= 15 is 0 Å². The van der Waals surface area contributed by atoms with Crippen LogP contribution in [0.25, 0.3) is 0 Å². The molecular weight excluding hydrogens is 597 g/mol. The first-order valence-electron chi connectivity index (χ1n) is 23.0. The number of carbonyl (C=O) groups is 1. The van der Waals surface area contributed by atoms with Gasteiger partial charge in [-0.25, -0.2) is 0 Å². The van der Waals surface area contributed by atoms with Crippen LogP contribution in [0.1, 0.15) is 271 Å². The van der Waals surface area contributed by atoms with Gasteiger partial charge in [-0.1, -0.05) is 238 Å². The molecule has 292 valence electrons. The lowest BCUT2D eigenvalue weighted by Crippen LogP contribution is -2.05. The number of unbranched alkanes of at least 4 members (excludes halogenated alkanes) is 33. The van der Waals surface area contributed by atoms with Gasteiger partial charge in [0.1, 0.15) is 0 Å². The zero-order chi connectivity index (χ0) is 35.6. The zero-order valence-electron chi connectivity index (χ0n) is 34.3. The Morgan fingerprint density at radius 3 is 1.14 bits per heavy atom. The van der Waals surface area contributed by atoms with Gasteiger partial charge in [0.15, 0.2) is 0 Å². The smallest absolute Gasteiger partial charge is 0.305 e. The van der Waals surface area contributed by atoms with E-state index in [0.29, 0.717) is 13.0 Å². The second-order valence-electron chi connectivity index (χ2n) is 16.0. The first-order valence-corrected chi connectivity index (χ1v) is 23.0. The van der Waals surface area contributed by atoms with Gasteiger partial charge < -0.3 is 4.74 Å². The summed E-state index contributed by atoms with van der Waals surface area (Å²) in [6, 6.07) is 0. The van der Waals surface area contributed by atoms with Crippen LogP contribution in [0.4, 0.5) is 0 Å². The molecule has 0 radical (unpaired) electrons. The third kappa shape index (κ3) is 43.3. The van der Waals surface area contributed by atoms with Crippen molar-refractivity contribution in [2.24, 2.45) is 5.92 Å². The van der Waals surface area contributed by atoms with Crippen LogP contribution in [-0.2, 0) is 9.53 Å². The van der Waals surface area contributed by atoms with Crippen molar-refractivity contribution in [1.29, 1.82) is 0 Å². The molecule has 0 N–H and O–H groups in total. The Morgan fingerprint density at radius 1 is 0.429 bits per heavy atom. The van der Waals surface area contributed by atoms with E-state index in [1.807, 2.05) is 0 Å². The number of ether oxygens (including phenoxy) is 1. The number of esters is 1.